The van der Waals surface area contributed by atoms with Crippen molar-refractivity contribution in [3.63, 3.8) is 0 Å². The highest BCUT2D eigenvalue weighted by molar-refractivity contribution is 8.13. The smallest absolute Gasteiger partial charge is 0.296 e. The SMILES string of the molecule is Cn1c(-c2ccnnc2)nnc1S(=O)(=O)Cl. The molecular weight excluding hydrogens is 254 g/mol. The van der Waals surface area contributed by atoms with Gasteiger partial charge in [0.2, 0.25) is 0 Å². The van der Waals surface area contributed by atoms with Gasteiger partial charge in [-0.15, -0.1) is 10.2 Å². The summed E-state index contributed by atoms with van der Waals surface area (Å²) in [5, 5.41) is 14.2. The van der Waals surface area contributed by atoms with Gasteiger partial charge >= 0.3 is 0 Å². The van der Waals surface area contributed by atoms with E-state index in [1.54, 1.807) is 6.07 Å². The molecule has 84 valence electrons. The van der Waals surface area contributed by atoms with Crippen molar-refractivity contribution < 1.29 is 8.42 Å². The normalized spacial score (nSPS) is 11.6. The Morgan fingerprint density at radius 2 is 2.06 bits per heavy atom. The van der Waals surface area contributed by atoms with Crippen LogP contribution in [-0.2, 0) is 16.1 Å². The second-order valence-electron chi connectivity index (χ2n) is 2.93. The monoisotopic (exact) mass is 259 g/mol. The Bertz CT molecular complexity index is 609. The molecule has 0 bridgehead atoms. The summed E-state index contributed by atoms with van der Waals surface area (Å²) < 4.78 is 23.5. The van der Waals surface area contributed by atoms with E-state index in [1.165, 1.54) is 24.0 Å². The molecule has 0 amide bonds. The third-order valence-corrected chi connectivity index (χ3v) is 3.10. The van der Waals surface area contributed by atoms with Crippen LogP contribution in [0.4, 0.5) is 0 Å². The van der Waals surface area contributed by atoms with E-state index in [0.29, 0.717) is 11.4 Å². The molecule has 0 radical (unpaired) electrons. The summed E-state index contributed by atoms with van der Waals surface area (Å²) >= 11 is 0. The quantitative estimate of drug-likeness (QED) is 0.716. The number of aromatic nitrogens is 5. The molecule has 0 saturated carbocycles. The van der Waals surface area contributed by atoms with E-state index in [1.807, 2.05) is 0 Å². The molecule has 0 fully saturated rings. The molecule has 0 aliphatic heterocycles. The van der Waals surface area contributed by atoms with E-state index in [2.05, 4.69) is 20.4 Å². The van der Waals surface area contributed by atoms with Crippen molar-refractivity contribution in [1.29, 1.82) is 0 Å². The van der Waals surface area contributed by atoms with Gasteiger partial charge in [0.15, 0.2) is 5.82 Å². The van der Waals surface area contributed by atoms with Crippen LogP contribution in [-0.4, -0.2) is 33.4 Å². The first-order valence-electron chi connectivity index (χ1n) is 4.11. The fourth-order valence-corrected chi connectivity index (χ4v) is 2.16. The summed E-state index contributed by atoms with van der Waals surface area (Å²) in [6.45, 7) is 0. The van der Waals surface area contributed by atoms with Crippen LogP contribution in [0.3, 0.4) is 0 Å². The highest BCUT2D eigenvalue weighted by Gasteiger charge is 2.20. The van der Waals surface area contributed by atoms with Crippen LogP contribution in [0.5, 0.6) is 0 Å². The van der Waals surface area contributed by atoms with Gasteiger partial charge in [0.25, 0.3) is 14.2 Å². The second-order valence-corrected chi connectivity index (χ2v) is 5.39. The van der Waals surface area contributed by atoms with Crippen molar-refractivity contribution in [2.45, 2.75) is 5.16 Å². The number of nitrogens with zero attached hydrogens (tertiary/aromatic N) is 5. The van der Waals surface area contributed by atoms with Gasteiger partial charge in [-0.05, 0) is 6.07 Å². The molecule has 7 nitrogen and oxygen atoms in total. The lowest BCUT2D eigenvalue weighted by Gasteiger charge is -2.00. The van der Waals surface area contributed by atoms with Gasteiger partial charge in [-0.1, -0.05) is 0 Å². The van der Waals surface area contributed by atoms with Crippen LogP contribution < -0.4 is 0 Å². The lowest BCUT2D eigenvalue weighted by molar-refractivity contribution is 0.593. The maximum absolute atomic E-state index is 11.1. The Kier molecular flexibility index (Phi) is 2.60. The van der Waals surface area contributed by atoms with Crippen LogP contribution in [0.15, 0.2) is 23.6 Å². The van der Waals surface area contributed by atoms with Gasteiger partial charge in [-0.3, -0.25) is 4.57 Å². The zero-order valence-corrected chi connectivity index (χ0v) is 9.64. The predicted octanol–water partition coefficient (Wildman–Crippen LogP) is 0.200. The third kappa shape index (κ3) is 1.89. The predicted molar refractivity (Wildman–Crippen MR) is 55.1 cm³/mol. The molecule has 2 heterocycles. The lowest BCUT2D eigenvalue weighted by atomic mass is 10.3. The average molecular weight is 260 g/mol. The minimum atomic E-state index is -3.90. The van der Waals surface area contributed by atoms with E-state index >= 15 is 0 Å². The molecule has 2 aromatic heterocycles. The fourth-order valence-electron chi connectivity index (χ4n) is 1.20. The fraction of sp³-hybridized carbons (Fsp3) is 0.143. The van der Waals surface area contributed by atoms with Gasteiger partial charge in [0.1, 0.15) is 0 Å². The maximum Gasteiger partial charge on any atom is 0.296 e. The molecule has 0 N–H and O–H groups in total. The topological polar surface area (TPSA) is 90.6 Å². The van der Waals surface area contributed by atoms with Gasteiger partial charge in [0, 0.05) is 23.3 Å². The summed E-state index contributed by atoms with van der Waals surface area (Å²) in [7, 11) is 2.80. The standard InChI is InChI=1S/C7H6ClN5O2S/c1-13-6(5-2-3-9-10-4-5)11-12-7(13)16(8,14)15/h2-4H,1H3. The van der Waals surface area contributed by atoms with E-state index in [-0.39, 0.29) is 5.16 Å². The van der Waals surface area contributed by atoms with E-state index in [0.717, 1.165) is 0 Å². The van der Waals surface area contributed by atoms with Gasteiger partial charge in [0.05, 0.1) is 12.4 Å². The second kappa shape index (κ2) is 3.80. The number of hydrogen-bond donors (Lipinski definition) is 0. The zero-order chi connectivity index (χ0) is 11.8. The summed E-state index contributed by atoms with van der Waals surface area (Å²) in [6, 6.07) is 1.64. The molecular formula is C7H6ClN5O2S. The largest absolute Gasteiger partial charge is 0.300 e. The van der Waals surface area contributed by atoms with E-state index in [4.69, 9.17) is 10.7 Å². The summed E-state index contributed by atoms with van der Waals surface area (Å²) in [6.07, 6.45) is 2.92. The molecule has 0 aliphatic rings. The first-order valence-corrected chi connectivity index (χ1v) is 6.42. The van der Waals surface area contributed by atoms with Crippen LogP contribution in [0.2, 0.25) is 0 Å². The van der Waals surface area contributed by atoms with Crippen LogP contribution in [0.1, 0.15) is 0 Å². The zero-order valence-electron chi connectivity index (χ0n) is 8.07. The molecule has 0 spiro atoms. The third-order valence-electron chi connectivity index (χ3n) is 1.90. The highest BCUT2D eigenvalue weighted by atomic mass is 35.7. The van der Waals surface area contributed by atoms with Crippen molar-refractivity contribution in [2.24, 2.45) is 7.05 Å². The van der Waals surface area contributed by atoms with E-state index in [9.17, 15) is 8.42 Å². The van der Waals surface area contributed by atoms with Crippen LogP contribution >= 0.6 is 10.7 Å². The molecule has 0 atom stereocenters. The van der Waals surface area contributed by atoms with E-state index < -0.39 is 9.05 Å². The molecule has 16 heavy (non-hydrogen) atoms. The number of halogens is 1. The van der Waals surface area contributed by atoms with Crippen molar-refractivity contribution >= 4 is 19.7 Å². The van der Waals surface area contributed by atoms with Crippen LogP contribution in [0.25, 0.3) is 11.4 Å². The Morgan fingerprint density at radius 3 is 2.56 bits per heavy atom. The Labute approximate surface area is 95.5 Å². The molecule has 0 aromatic carbocycles. The van der Waals surface area contributed by atoms with Crippen molar-refractivity contribution in [2.75, 3.05) is 0 Å². The molecule has 0 unspecified atom stereocenters. The van der Waals surface area contributed by atoms with Gasteiger partial charge in [-0.2, -0.15) is 10.2 Å². The lowest BCUT2D eigenvalue weighted by Crippen LogP contribution is -2.02. The summed E-state index contributed by atoms with van der Waals surface area (Å²) in [4.78, 5) is 0. The van der Waals surface area contributed by atoms with Crippen molar-refractivity contribution in [3.05, 3.63) is 18.5 Å². The average Bonchev–Trinajstić information content (AvgIpc) is 2.61. The first-order chi connectivity index (χ1) is 7.50. The van der Waals surface area contributed by atoms with Gasteiger partial charge in [-0.25, -0.2) is 8.42 Å². The van der Waals surface area contributed by atoms with Crippen molar-refractivity contribution in [3.8, 4) is 11.4 Å². The molecule has 2 aromatic rings. The summed E-state index contributed by atoms with van der Waals surface area (Å²) in [5.74, 6) is 0.356. The van der Waals surface area contributed by atoms with Crippen LogP contribution in [0, 0.1) is 0 Å². The first kappa shape index (κ1) is 11.0. The van der Waals surface area contributed by atoms with Crippen molar-refractivity contribution in [1.82, 2.24) is 25.0 Å². The Hall–Kier alpha value is -1.54. The van der Waals surface area contributed by atoms with Gasteiger partial charge < -0.3 is 0 Å². The Balaban J connectivity index is 2.59. The molecule has 2 rings (SSSR count). The summed E-state index contributed by atoms with van der Waals surface area (Å²) in [5.41, 5.74) is 0.608. The maximum atomic E-state index is 11.1. The minimum absolute atomic E-state index is 0.305. The molecule has 0 saturated heterocycles. The number of hydrogen-bond acceptors (Lipinski definition) is 6. The highest BCUT2D eigenvalue weighted by Crippen LogP contribution is 2.19. The minimum Gasteiger partial charge on any atom is -0.300 e. The molecule has 0 aliphatic carbocycles. The Morgan fingerprint density at radius 1 is 1.31 bits per heavy atom. The molecule has 9 heteroatoms. The number of rotatable bonds is 2.